The molecule has 2 heterocycles. The lowest BCUT2D eigenvalue weighted by Crippen LogP contribution is -1.98. The zero-order valence-corrected chi connectivity index (χ0v) is 11.3. The van der Waals surface area contributed by atoms with Crippen LogP contribution in [0.15, 0.2) is 42.7 Å². The number of aldehydes is 1. The summed E-state index contributed by atoms with van der Waals surface area (Å²) in [6.07, 6.45) is 6.01. The van der Waals surface area contributed by atoms with E-state index in [0.29, 0.717) is 11.3 Å². The van der Waals surface area contributed by atoms with E-state index in [1.165, 1.54) is 11.1 Å². The number of carbonyl (C=O) groups is 1. The first-order chi connectivity index (χ1) is 9.78. The van der Waals surface area contributed by atoms with Crippen LogP contribution in [0.3, 0.4) is 0 Å². The first-order valence-electron chi connectivity index (χ1n) is 6.60. The molecule has 0 fully saturated rings. The lowest BCUT2D eigenvalue weighted by atomic mass is 10.1. The van der Waals surface area contributed by atoms with Gasteiger partial charge in [-0.1, -0.05) is 29.8 Å². The molecule has 2 aromatic heterocycles. The van der Waals surface area contributed by atoms with Gasteiger partial charge in [-0.15, -0.1) is 0 Å². The molecule has 0 atom stereocenters. The van der Waals surface area contributed by atoms with E-state index >= 15 is 0 Å². The summed E-state index contributed by atoms with van der Waals surface area (Å²) in [6.45, 7) is 2.08. The molecule has 4 nitrogen and oxygen atoms in total. The summed E-state index contributed by atoms with van der Waals surface area (Å²) in [5.74, 6) is 0.871. The minimum Gasteiger partial charge on any atom is -0.296 e. The molecule has 3 aromatic rings. The second-order valence-corrected chi connectivity index (χ2v) is 4.83. The molecule has 3 rings (SSSR count). The molecular weight excluding hydrogens is 250 g/mol. The van der Waals surface area contributed by atoms with E-state index in [9.17, 15) is 4.79 Å². The van der Waals surface area contributed by atoms with Crippen molar-refractivity contribution in [3.63, 3.8) is 0 Å². The molecule has 0 bridgehead atoms. The SMILES string of the molecule is Cc1ccc(CCc2nc(C=O)c3ncccn23)cc1. The fourth-order valence-corrected chi connectivity index (χ4v) is 2.28. The molecule has 0 spiro atoms. The van der Waals surface area contributed by atoms with Crippen LogP contribution in [-0.4, -0.2) is 20.7 Å². The van der Waals surface area contributed by atoms with Gasteiger partial charge in [0.2, 0.25) is 0 Å². The molecule has 20 heavy (non-hydrogen) atoms. The molecule has 1 aromatic carbocycles. The number of benzene rings is 1. The number of fused-ring (bicyclic) bond motifs is 1. The molecule has 0 saturated carbocycles. The fourth-order valence-electron chi connectivity index (χ4n) is 2.28. The van der Waals surface area contributed by atoms with Crippen molar-refractivity contribution >= 4 is 11.9 Å². The van der Waals surface area contributed by atoms with E-state index in [0.717, 1.165) is 25.0 Å². The number of carbonyl (C=O) groups excluding carboxylic acids is 1. The van der Waals surface area contributed by atoms with Crippen LogP contribution >= 0.6 is 0 Å². The number of nitrogens with zero attached hydrogens (tertiary/aromatic N) is 3. The van der Waals surface area contributed by atoms with Gasteiger partial charge in [0.15, 0.2) is 11.9 Å². The number of hydrogen-bond acceptors (Lipinski definition) is 3. The number of aryl methyl sites for hydroxylation is 3. The van der Waals surface area contributed by atoms with Gasteiger partial charge < -0.3 is 0 Å². The standard InChI is InChI=1S/C16H15N3O/c1-12-3-5-13(6-4-12)7-8-15-18-14(11-20)16-17-9-2-10-19(15)16/h2-6,9-11H,7-8H2,1H3. The third-order valence-electron chi connectivity index (χ3n) is 3.37. The van der Waals surface area contributed by atoms with E-state index in [1.807, 2.05) is 16.7 Å². The summed E-state index contributed by atoms with van der Waals surface area (Å²) in [5.41, 5.74) is 3.56. The Morgan fingerprint density at radius 3 is 2.75 bits per heavy atom. The average Bonchev–Trinajstić information content (AvgIpc) is 2.85. The third-order valence-corrected chi connectivity index (χ3v) is 3.37. The highest BCUT2D eigenvalue weighted by molar-refractivity contribution is 5.81. The van der Waals surface area contributed by atoms with Gasteiger partial charge in [0.05, 0.1) is 0 Å². The van der Waals surface area contributed by atoms with E-state index in [1.54, 1.807) is 6.20 Å². The van der Waals surface area contributed by atoms with Crippen LogP contribution in [0.25, 0.3) is 5.65 Å². The molecular formula is C16H15N3O. The van der Waals surface area contributed by atoms with Crippen molar-refractivity contribution in [1.29, 1.82) is 0 Å². The number of rotatable bonds is 4. The van der Waals surface area contributed by atoms with E-state index in [-0.39, 0.29) is 0 Å². The van der Waals surface area contributed by atoms with Crippen LogP contribution < -0.4 is 0 Å². The monoisotopic (exact) mass is 265 g/mol. The first-order valence-corrected chi connectivity index (χ1v) is 6.60. The van der Waals surface area contributed by atoms with Crippen molar-refractivity contribution in [2.75, 3.05) is 0 Å². The quantitative estimate of drug-likeness (QED) is 0.681. The second-order valence-electron chi connectivity index (χ2n) is 4.83. The van der Waals surface area contributed by atoms with Gasteiger partial charge >= 0.3 is 0 Å². The molecule has 0 N–H and O–H groups in total. The summed E-state index contributed by atoms with van der Waals surface area (Å²) in [4.78, 5) is 19.6. The van der Waals surface area contributed by atoms with Gasteiger partial charge in [-0.25, -0.2) is 9.97 Å². The first kappa shape index (κ1) is 12.5. The van der Waals surface area contributed by atoms with Crippen LogP contribution in [-0.2, 0) is 12.8 Å². The van der Waals surface area contributed by atoms with Crippen molar-refractivity contribution in [3.05, 3.63) is 65.4 Å². The summed E-state index contributed by atoms with van der Waals surface area (Å²) in [5, 5.41) is 0. The fraction of sp³-hybridized carbons (Fsp3) is 0.188. The molecule has 0 aliphatic carbocycles. The molecule has 0 aliphatic heterocycles. The lowest BCUT2D eigenvalue weighted by Gasteiger charge is -2.02. The Balaban J connectivity index is 1.87. The highest BCUT2D eigenvalue weighted by atomic mass is 16.1. The van der Waals surface area contributed by atoms with Crippen molar-refractivity contribution < 1.29 is 4.79 Å². The smallest absolute Gasteiger partial charge is 0.172 e. The van der Waals surface area contributed by atoms with Crippen molar-refractivity contribution in [2.24, 2.45) is 0 Å². The Kier molecular flexibility index (Phi) is 3.29. The van der Waals surface area contributed by atoms with Gasteiger partial charge in [0.25, 0.3) is 0 Å². The minimum atomic E-state index is 0.407. The van der Waals surface area contributed by atoms with Crippen molar-refractivity contribution in [2.45, 2.75) is 19.8 Å². The average molecular weight is 265 g/mol. The maximum absolute atomic E-state index is 11.0. The van der Waals surface area contributed by atoms with Crippen LogP contribution in [0.4, 0.5) is 0 Å². The Hall–Kier alpha value is -2.49. The van der Waals surface area contributed by atoms with Crippen molar-refractivity contribution in [3.8, 4) is 0 Å². The van der Waals surface area contributed by atoms with E-state index in [2.05, 4.69) is 41.2 Å². The molecule has 0 aliphatic rings. The predicted octanol–water partition coefficient (Wildman–Crippen LogP) is 2.64. The summed E-state index contributed by atoms with van der Waals surface area (Å²) < 4.78 is 1.89. The largest absolute Gasteiger partial charge is 0.296 e. The Morgan fingerprint density at radius 1 is 1.20 bits per heavy atom. The highest BCUT2D eigenvalue weighted by Crippen LogP contribution is 2.12. The van der Waals surface area contributed by atoms with Gasteiger partial charge in [-0.3, -0.25) is 9.20 Å². The van der Waals surface area contributed by atoms with Crippen LogP contribution in [0, 0.1) is 6.92 Å². The third kappa shape index (κ3) is 2.32. The zero-order valence-electron chi connectivity index (χ0n) is 11.3. The molecule has 0 amide bonds. The molecule has 100 valence electrons. The zero-order chi connectivity index (χ0) is 13.9. The van der Waals surface area contributed by atoms with Gasteiger partial charge in [-0.2, -0.15) is 0 Å². The normalized spacial score (nSPS) is 10.8. The van der Waals surface area contributed by atoms with Crippen LogP contribution in [0.1, 0.15) is 27.4 Å². The summed E-state index contributed by atoms with van der Waals surface area (Å²) in [6, 6.07) is 10.3. The minimum absolute atomic E-state index is 0.407. The van der Waals surface area contributed by atoms with Gasteiger partial charge in [0.1, 0.15) is 11.5 Å². The maximum atomic E-state index is 11.0. The van der Waals surface area contributed by atoms with E-state index < -0.39 is 0 Å². The van der Waals surface area contributed by atoms with E-state index in [4.69, 9.17) is 0 Å². The Bertz CT molecular complexity index is 744. The summed E-state index contributed by atoms with van der Waals surface area (Å²) >= 11 is 0. The maximum Gasteiger partial charge on any atom is 0.172 e. The number of imidazole rings is 1. The number of hydrogen-bond donors (Lipinski definition) is 0. The number of aromatic nitrogens is 3. The predicted molar refractivity (Wildman–Crippen MR) is 77.0 cm³/mol. The molecule has 0 unspecified atom stereocenters. The second kappa shape index (κ2) is 5.25. The van der Waals surface area contributed by atoms with Gasteiger partial charge in [0, 0.05) is 18.8 Å². The summed E-state index contributed by atoms with van der Waals surface area (Å²) in [7, 11) is 0. The van der Waals surface area contributed by atoms with Crippen molar-refractivity contribution in [1.82, 2.24) is 14.4 Å². The lowest BCUT2D eigenvalue weighted by molar-refractivity contribution is 0.112. The topological polar surface area (TPSA) is 47.3 Å². The van der Waals surface area contributed by atoms with Crippen LogP contribution in [0.2, 0.25) is 0 Å². The van der Waals surface area contributed by atoms with Gasteiger partial charge in [-0.05, 0) is 25.0 Å². The van der Waals surface area contributed by atoms with Crippen LogP contribution in [0.5, 0.6) is 0 Å². The molecule has 4 heteroatoms. The Morgan fingerprint density at radius 2 is 2.00 bits per heavy atom. The molecule has 0 radical (unpaired) electrons. The highest BCUT2D eigenvalue weighted by Gasteiger charge is 2.10. The Labute approximate surface area is 117 Å². The molecule has 0 saturated heterocycles.